The molecule has 0 amide bonds. The number of nitrogens with zero attached hydrogens (tertiary/aromatic N) is 2. The van der Waals surface area contributed by atoms with E-state index in [4.69, 9.17) is 42.1 Å². The molecular formula is C35H39Cl2N3O8S2. The average molecular weight is 765 g/mol. The standard InChI is InChI=1S/C35H39Cl2N3O8S2/c1-39-12-10-22(11-13-39)20-47-34(42)35(43,32-5-4-14-49-32)21-38-17-24-7-9-31(50-24)33(41)48-29(16-25-26(36)18-40(44)19-27(25)37)23-6-8-28(45-2)30(15-23)46-3/h4-9,14-15,18-19,22,29,38,43H,10-13,16-17,20-21H2,1-3H3. The van der Waals surface area contributed by atoms with Crippen LogP contribution < -0.4 is 19.5 Å². The molecular weight excluding hydrogens is 725 g/mol. The van der Waals surface area contributed by atoms with Gasteiger partial charge in [0.05, 0.1) is 20.8 Å². The Labute approximate surface area is 308 Å². The first kappa shape index (κ1) is 37.8. The molecule has 11 nitrogen and oxygen atoms in total. The fourth-order valence-electron chi connectivity index (χ4n) is 5.64. The zero-order valence-corrected chi connectivity index (χ0v) is 31.0. The summed E-state index contributed by atoms with van der Waals surface area (Å²) in [5.41, 5.74) is -0.834. The second kappa shape index (κ2) is 17.2. The smallest absolute Gasteiger partial charge is 0.348 e. The fourth-order valence-corrected chi connectivity index (χ4v) is 7.91. The van der Waals surface area contributed by atoms with E-state index in [0.717, 1.165) is 30.8 Å². The van der Waals surface area contributed by atoms with E-state index in [-0.39, 0.29) is 42.1 Å². The second-order valence-corrected chi connectivity index (χ2v) is 15.0. The number of ether oxygens (including phenoxy) is 4. The number of hydrogen-bond donors (Lipinski definition) is 2. The van der Waals surface area contributed by atoms with E-state index in [1.165, 1.54) is 49.3 Å². The van der Waals surface area contributed by atoms with Crippen molar-refractivity contribution in [1.82, 2.24) is 10.2 Å². The van der Waals surface area contributed by atoms with E-state index >= 15 is 0 Å². The topological polar surface area (TPSA) is 134 Å². The van der Waals surface area contributed by atoms with Crippen molar-refractivity contribution in [2.45, 2.75) is 37.5 Å². The Bertz CT molecular complexity index is 1740. The summed E-state index contributed by atoms with van der Waals surface area (Å²) in [6.07, 6.45) is 3.46. The molecule has 1 aliphatic rings. The van der Waals surface area contributed by atoms with Crippen molar-refractivity contribution in [3.63, 3.8) is 0 Å². The van der Waals surface area contributed by atoms with Crippen LogP contribution in [-0.2, 0) is 32.8 Å². The molecule has 1 saturated heterocycles. The van der Waals surface area contributed by atoms with Crippen LogP contribution in [0.25, 0.3) is 0 Å². The van der Waals surface area contributed by atoms with E-state index < -0.39 is 23.6 Å². The number of rotatable bonds is 15. The highest BCUT2D eigenvalue weighted by molar-refractivity contribution is 7.13. The highest BCUT2D eigenvalue weighted by atomic mass is 35.5. The van der Waals surface area contributed by atoms with Gasteiger partial charge in [-0.2, -0.15) is 4.73 Å². The van der Waals surface area contributed by atoms with E-state index in [1.54, 1.807) is 47.8 Å². The first-order chi connectivity index (χ1) is 24.0. The maximum atomic E-state index is 13.5. The third kappa shape index (κ3) is 9.26. The van der Waals surface area contributed by atoms with Crippen LogP contribution in [0.15, 0.2) is 60.2 Å². The van der Waals surface area contributed by atoms with Crippen molar-refractivity contribution in [3.05, 3.63) is 101 Å². The van der Waals surface area contributed by atoms with Gasteiger partial charge < -0.3 is 39.5 Å². The molecule has 0 bridgehead atoms. The van der Waals surface area contributed by atoms with E-state index in [2.05, 4.69) is 17.3 Å². The molecule has 268 valence electrons. The zero-order valence-electron chi connectivity index (χ0n) is 27.9. The quantitative estimate of drug-likeness (QED) is 0.0874. The first-order valence-electron chi connectivity index (χ1n) is 15.9. The Morgan fingerprint density at radius 3 is 2.48 bits per heavy atom. The summed E-state index contributed by atoms with van der Waals surface area (Å²) in [7, 11) is 5.10. The molecule has 50 heavy (non-hydrogen) atoms. The van der Waals surface area contributed by atoms with Crippen LogP contribution in [-0.4, -0.2) is 69.5 Å². The normalized spacial score (nSPS) is 15.6. The lowest BCUT2D eigenvalue weighted by molar-refractivity contribution is -0.605. The van der Waals surface area contributed by atoms with Gasteiger partial charge in [0.2, 0.25) is 5.60 Å². The Balaban J connectivity index is 1.26. The monoisotopic (exact) mass is 763 g/mol. The third-order valence-electron chi connectivity index (χ3n) is 8.57. The highest BCUT2D eigenvalue weighted by Gasteiger charge is 2.41. The van der Waals surface area contributed by atoms with E-state index in [0.29, 0.717) is 37.1 Å². The van der Waals surface area contributed by atoms with Gasteiger partial charge in [0.1, 0.15) is 21.0 Å². The van der Waals surface area contributed by atoms with Crippen LogP contribution in [0, 0.1) is 11.1 Å². The number of thiophene rings is 2. The maximum absolute atomic E-state index is 13.5. The molecule has 2 N–H and O–H groups in total. The number of carbonyl (C=O) groups is 2. The molecule has 4 aromatic rings. The van der Waals surface area contributed by atoms with Crippen LogP contribution in [0.4, 0.5) is 0 Å². The third-order valence-corrected chi connectivity index (χ3v) is 11.3. The molecule has 1 fully saturated rings. The Morgan fingerprint density at radius 2 is 1.82 bits per heavy atom. The number of hydrogen-bond acceptors (Lipinski definition) is 12. The van der Waals surface area contributed by atoms with Crippen molar-refractivity contribution < 1.29 is 38.4 Å². The van der Waals surface area contributed by atoms with Gasteiger partial charge in [0, 0.05) is 34.8 Å². The minimum atomic E-state index is -1.86. The van der Waals surface area contributed by atoms with Crippen LogP contribution in [0.1, 0.15) is 49.5 Å². The molecule has 2 atom stereocenters. The number of methoxy groups -OCH3 is 2. The molecule has 0 saturated carbocycles. The predicted octanol–water partition coefficient (Wildman–Crippen LogP) is 5.77. The maximum Gasteiger partial charge on any atom is 0.348 e. The Morgan fingerprint density at radius 1 is 1.10 bits per heavy atom. The summed E-state index contributed by atoms with van der Waals surface area (Å²) < 4.78 is 23.0. The van der Waals surface area contributed by atoms with Gasteiger partial charge in [-0.3, -0.25) is 0 Å². The van der Waals surface area contributed by atoms with Crippen molar-refractivity contribution in [3.8, 4) is 11.5 Å². The van der Waals surface area contributed by atoms with Gasteiger partial charge in [0.25, 0.3) is 0 Å². The molecule has 1 aromatic carbocycles. The van der Waals surface area contributed by atoms with Gasteiger partial charge in [-0.15, -0.1) is 22.7 Å². The lowest BCUT2D eigenvalue weighted by Gasteiger charge is -2.30. The van der Waals surface area contributed by atoms with Crippen molar-refractivity contribution in [2.75, 3.05) is 47.5 Å². The van der Waals surface area contributed by atoms with Crippen LogP contribution in [0.5, 0.6) is 11.5 Å². The van der Waals surface area contributed by atoms with Crippen LogP contribution in [0.3, 0.4) is 0 Å². The number of nitrogens with one attached hydrogen (secondary N) is 1. The average Bonchev–Trinajstić information content (AvgIpc) is 3.82. The lowest BCUT2D eigenvalue weighted by atomic mass is 9.98. The van der Waals surface area contributed by atoms with Gasteiger partial charge in [0.15, 0.2) is 23.9 Å². The molecule has 0 aliphatic carbocycles. The number of carbonyl (C=O) groups excluding carboxylic acids is 2. The number of aromatic nitrogens is 1. The summed E-state index contributed by atoms with van der Waals surface area (Å²) >= 11 is 15.2. The number of halogens is 2. The SMILES string of the molecule is COc1ccc(C(Cc2c(Cl)c[n+]([O-])cc2Cl)OC(=O)c2ccc(CNCC(O)(C(=O)OCC3CCN(C)CC3)c3cccs3)s2)cc1OC. The number of esters is 2. The second-order valence-electron chi connectivity index (χ2n) is 12.1. The largest absolute Gasteiger partial charge is 0.619 e. The zero-order chi connectivity index (χ0) is 35.8. The first-order valence-corrected chi connectivity index (χ1v) is 18.4. The van der Waals surface area contributed by atoms with Crippen molar-refractivity contribution in [2.24, 2.45) is 5.92 Å². The van der Waals surface area contributed by atoms with Gasteiger partial charge in [-0.1, -0.05) is 35.3 Å². The predicted molar refractivity (Wildman–Crippen MR) is 192 cm³/mol. The van der Waals surface area contributed by atoms with Gasteiger partial charge >= 0.3 is 11.9 Å². The molecule has 15 heteroatoms. The molecule has 0 spiro atoms. The van der Waals surface area contributed by atoms with E-state index in [1.807, 2.05) is 0 Å². The molecule has 5 rings (SSSR count). The van der Waals surface area contributed by atoms with Crippen LogP contribution in [0.2, 0.25) is 10.0 Å². The lowest BCUT2D eigenvalue weighted by Crippen LogP contribution is -2.46. The summed E-state index contributed by atoms with van der Waals surface area (Å²) in [6.45, 7) is 2.36. The minimum Gasteiger partial charge on any atom is -0.619 e. The summed E-state index contributed by atoms with van der Waals surface area (Å²) in [5, 5.41) is 28.7. The molecule has 0 radical (unpaired) electrons. The summed E-state index contributed by atoms with van der Waals surface area (Å²) in [5.74, 6) is -0.0807. The number of aliphatic hydroxyl groups is 1. The van der Waals surface area contributed by atoms with Crippen LogP contribution >= 0.6 is 45.9 Å². The Kier molecular flexibility index (Phi) is 13.0. The number of piperidine rings is 1. The van der Waals surface area contributed by atoms with Crippen molar-refractivity contribution >= 4 is 57.8 Å². The molecule has 1 aliphatic heterocycles. The number of pyridine rings is 1. The molecule has 2 unspecified atom stereocenters. The minimum absolute atomic E-state index is 0.0781. The van der Waals surface area contributed by atoms with Gasteiger partial charge in [-0.25, -0.2) is 9.59 Å². The molecule has 4 heterocycles. The summed E-state index contributed by atoms with van der Waals surface area (Å²) in [6, 6.07) is 12.1. The molecule has 3 aromatic heterocycles. The summed E-state index contributed by atoms with van der Waals surface area (Å²) in [4.78, 5) is 30.6. The van der Waals surface area contributed by atoms with E-state index in [9.17, 15) is 19.9 Å². The number of likely N-dealkylation sites (tertiary alicyclic amines) is 1. The Hall–Kier alpha value is -3.43. The van der Waals surface area contributed by atoms with Crippen molar-refractivity contribution in [1.29, 1.82) is 0 Å². The van der Waals surface area contributed by atoms with Gasteiger partial charge in [-0.05, 0) is 80.2 Å². The highest BCUT2D eigenvalue weighted by Crippen LogP contribution is 2.36. The number of benzene rings is 1. The fraction of sp³-hybridized carbons (Fsp3) is 0.400.